The summed E-state index contributed by atoms with van der Waals surface area (Å²) in [5.74, 6) is 0.978. The number of aromatic nitrogens is 1. The highest BCUT2D eigenvalue weighted by Crippen LogP contribution is 2.43. The summed E-state index contributed by atoms with van der Waals surface area (Å²) in [5, 5.41) is 0. The van der Waals surface area contributed by atoms with Gasteiger partial charge in [0.1, 0.15) is 18.0 Å². The Morgan fingerprint density at radius 3 is 2.21 bits per heavy atom. The number of fused-ring (bicyclic) bond motifs is 2. The number of nitrogens with zero attached hydrogens (tertiary/aromatic N) is 2. The van der Waals surface area contributed by atoms with Gasteiger partial charge in [0.25, 0.3) is 0 Å². The van der Waals surface area contributed by atoms with Gasteiger partial charge in [-0.05, 0) is 88.3 Å². The molecule has 2 saturated heterocycles. The predicted molar refractivity (Wildman–Crippen MR) is 125 cm³/mol. The first-order valence-electron chi connectivity index (χ1n) is 11.4. The van der Waals surface area contributed by atoms with E-state index in [0.717, 1.165) is 31.4 Å². The number of rotatable bonds is 5. The van der Waals surface area contributed by atoms with E-state index in [-0.39, 0.29) is 23.1 Å². The van der Waals surface area contributed by atoms with Gasteiger partial charge in [-0.2, -0.15) is 0 Å². The third kappa shape index (κ3) is 5.66. The molecule has 2 bridgehead atoms. The first kappa shape index (κ1) is 23.5. The number of amides is 1. The zero-order valence-electron chi connectivity index (χ0n) is 19.7. The number of hydrogen-bond acceptors (Lipinski definition) is 6. The second kappa shape index (κ2) is 8.97. The van der Waals surface area contributed by atoms with Crippen molar-refractivity contribution in [2.75, 3.05) is 6.26 Å². The van der Waals surface area contributed by atoms with Crippen molar-refractivity contribution in [3.8, 4) is 5.75 Å². The van der Waals surface area contributed by atoms with Crippen LogP contribution in [0.25, 0.3) is 0 Å². The van der Waals surface area contributed by atoms with Gasteiger partial charge in [0.05, 0.1) is 10.6 Å². The SMILES string of the molecule is CC(C)(C)OC(=O)N1C2CCC1CC(c1ccc(COc3ccc(S(C)(=O)=O)cc3)nc1)C2. The number of piperidine rings is 1. The monoisotopic (exact) mass is 472 g/mol. The van der Waals surface area contributed by atoms with E-state index in [1.807, 2.05) is 37.9 Å². The van der Waals surface area contributed by atoms with Gasteiger partial charge < -0.3 is 14.4 Å². The first-order chi connectivity index (χ1) is 15.5. The summed E-state index contributed by atoms with van der Waals surface area (Å²) < 4.78 is 34.5. The van der Waals surface area contributed by atoms with Crippen molar-refractivity contribution in [2.45, 2.75) is 81.6 Å². The molecule has 1 amide bonds. The molecule has 7 nitrogen and oxygen atoms in total. The number of carbonyl (C=O) groups is 1. The molecular formula is C25H32N2O5S. The minimum absolute atomic E-state index is 0.191. The molecule has 0 spiro atoms. The van der Waals surface area contributed by atoms with Crippen LogP contribution in [0.4, 0.5) is 4.79 Å². The van der Waals surface area contributed by atoms with E-state index in [9.17, 15) is 13.2 Å². The normalized spacial score (nSPS) is 22.8. The molecule has 2 atom stereocenters. The molecule has 3 heterocycles. The van der Waals surface area contributed by atoms with Crippen molar-refractivity contribution in [1.82, 2.24) is 9.88 Å². The quantitative estimate of drug-likeness (QED) is 0.626. The highest BCUT2D eigenvalue weighted by molar-refractivity contribution is 7.90. The number of benzene rings is 1. The molecule has 1 aromatic carbocycles. The third-order valence-corrected chi connectivity index (χ3v) is 7.42. The lowest BCUT2D eigenvalue weighted by Crippen LogP contribution is -2.48. The Labute approximate surface area is 196 Å². The smallest absolute Gasteiger partial charge is 0.410 e. The third-order valence-electron chi connectivity index (χ3n) is 6.30. The maximum Gasteiger partial charge on any atom is 0.410 e. The Balaban J connectivity index is 1.34. The Morgan fingerprint density at radius 1 is 1.06 bits per heavy atom. The van der Waals surface area contributed by atoms with Crippen molar-refractivity contribution in [2.24, 2.45) is 0 Å². The maximum absolute atomic E-state index is 12.7. The van der Waals surface area contributed by atoms with Crippen LogP contribution in [0.3, 0.4) is 0 Å². The molecular weight excluding hydrogens is 440 g/mol. The number of pyridine rings is 1. The Bertz CT molecular complexity index is 1080. The number of sulfone groups is 1. The molecule has 2 aliphatic heterocycles. The Kier molecular flexibility index (Phi) is 6.40. The van der Waals surface area contributed by atoms with Crippen LogP contribution in [0.2, 0.25) is 0 Å². The lowest BCUT2D eigenvalue weighted by atomic mass is 9.86. The molecule has 2 aliphatic rings. The van der Waals surface area contributed by atoms with Gasteiger partial charge in [-0.3, -0.25) is 4.98 Å². The maximum atomic E-state index is 12.7. The van der Waals surface area contributed by atoms with Crippen LogP contribution in [0.15, 0.2) is 47.5 Å². The van der Waals surface area contributed by atoms with Gasteiger partial charge in [-0.25, -0.2) is 13.2 Å². The zero-order chi connectivity index (χ0) is 23.8. The van der Waals surface area contributed by atoms with Crippen LogP contribution in [0, 0.1) is 0 Å². The molecule has 0 saturated carbocycles. The summed E-state index contributed by atoms with van der Waals surface area (Å²) in [6, 6.07) is 10.9. The first-order valence-corrected chi connectivity index (χ1v) is 13.3. The summed E-state index contributed by atoms with van der Waals surface area (Å²) in [6.07, 6.45) is 6.82. The Morgan fingerprint density at radius 2 is 1.70 bits per heavy atom. The van der Waals surface area contributed by atoms with Gasteiger partial charge in [0, 0.05) is 24.5 Å². The summed E-state index contributed by atoms with van der Waals surface area (Å²) >= 11 is 0. The lowest BCUT2D eigenvalue weighted by Gasteiger charge is -2.39. The van der Waals surface area contributed by atoms with Gasteiger partial charge in [0.15, 0.2) is 9.84 Å². The summed E-state index contributed by atoms with van der Waals surface area (Å²) in [7, 11) is -3.22. The lowest BCUT2D eigenvalue weighted by molar-refractivity contribution is 0.00583. The molecule has 8 heteroatoms. The van der Waals surface area contributed by atoms with Crippen molar-refractivity contribution in [3.63, 3.8) is 0 Å². The van der Waals surface area contributed by atoms with E-state index in [1.54, 1.807) is 24.3 Å². The van der Waals surface area contributed by atoms with Gasteiger partial charge in [-0.1, -0.05) is 6.07 Å². The summed E-state index contributed by atoms with van der Waals surface area (Å²) in [5.41, 5.74) is 1.52. The van der Waals surface area contributed by atoms with Crippen LogP contribution >= 0.6 is 0 Å². The largest absolute Gasteiger partial charge is 0.487 e. The van der Waals surface area contributed by atoms with E-state index in [4.69, 9.17) is 9.47 Å². The molecule has 2 unspecified atom stereocenters. The van der Waals surface area contributed by atoms with Crippen LogP contribution in [-0.2, 0) is 21.2 Å². The molecule has 1 aromatic heterocycles. The highest BCUT2D eigenvalue weighted by atomic mass is 32.2. The molecule has 4 rings (SSSR count). The number of carbonyl (C=O) groups excluding carboxylic acids is 1. The van der Waals surface area contributed by atoms with Crippen LogP contribution in [-0.4, -0.2) is 48.3 Å². The average molecular weight is 473 g/mol. The van der Waals surface area contributed by atoms with Gasteiger partial charge >= 0.3 is 6.09 Å². The van der Waals surface area contributed by atoms with E-state index >= 15 is 0 Å². The fourth-order valence-corrected chi connectivity index (χ4v) is 5.40. The van der Waals surface area contributed by atoms with Crippen molar-refractivity contribution >= 4 is 15.9 Å². The molecule has 2 aromatic rings. The molecule has 2 fully saturated rings. The van der Waals surface area contributed by atoms with Gasteiger partial charge in [0.2, 0.25) is 0 Å². The topological polar surface area (TPSA) is 85.8 Å². The Hall–Kier alpha value is -2.61. The van der Waals surface area contributed by atoms with Crippen molar-refractivity contribution in [3.05, 3.63) is 53.9 Å². The minimum atomic E-state index is -3.22. The highest BCUT2D eigenvalue weighted by Gasteiger charge is 2.45. The van der Waals surface area contributed by atoms with E-state index in [1.165, 1.54) is 11.8 Å². The predicted octanol–water partition coefficient (Wildman–Crippen LogP) is 4.71. The van der Waals surface area contributed by atoms with Crippen molar-refractivity contribution in [1.29, 1.82) is 0 Å². The summed E-state index contributed by atoms with van der Waals surface area (Å²) in [4.78, 5) is 19.5. The van der Waals surface area contributed by atoms with Gasteiger partial charge in [-0.15, -0.1) is 0 Å². The number of hydrogen-bond donors (Lipinski definition) is 0. The second-order valence-corrected chi connectivity index (χ2v) is 12.1. The zero-order valence-corrected chi connectivity index (χ0v) is 20.5. The second-order valence-electron chi connectivity index (χ2n) is 10.1. The van der Waals surface area contributed by atoms with E-state index in [2.05, 4.69) is 11.1 Å². The average Bonchev–Trinajstić information content (AvgIpc) is 3.01. The fourth-order valence-electron chi connectivity index (χ4n) is 4.77. The molecule has 0 aliphatic carbocycles. The number of ether oxygens (including phenoxy) is 2. The van der Waals surface area contributed by atoms with Crippen LogP contribution in [0.1, 0.15) is 63.6 Å². The molecule has 0 radical (unpaired) electrons. The molecule has 0 N–H and O–H groups in total. The molecule has 178 valence electrons. The summed E-state index contributed by atoms with van der Waals surface area (Å²) in [6.45, 7) is 6.02. The standard InChI is InChI=1S/C25H32N2O5S/c1-25(2,3)32-24(28)27-20-7-8-21(27)14-18(13-20)17-5-6-19(26-15-17)16-31-22-9-11-23(12-10-22)33(4,29)30/h5-6,9-12,15,18,20-21H,7-8,13-14,16H2,1-4H3. The van der Waals surface area contributed by atoms with Crippen molar-refractivity contribution < 1.29 is 22.7 Å². The fraction of sp³-hybridized carbons (Fsp3) is 0.520. The van der Waals surface area contributed by atoms with E-state index in [0.29, 0.717) is 18.3 Å². The van der Waals surface area contributed by atoms with Crippen LogP contribution < -0.4 is 4.74 Å². The molecule has 33 heavy (non-hydrogen) atoms. The van der Waals surface area contributed by atoms with E-state index < -0.39 is 15.4 Å². The minimum Gasteiger partial charge on any atom is -0.487 e. The van der Waals surface area contributed by atoms with Crippen LogP contribution in [0.5, 0.6) is 5.75 Å².